The van der Waals surface area contributed by atoms with Crippen molar-refractivity contribution in [1.82, 2.24) is 0 Å². The zero-order valence-corrected chi connectivity index (χ0v) is 89.5. The van der Waals surface area contributed by atoms with E-state index in [2.05, 4.69) is 361 Å². The topological polar surface area (TPSA) is 0 Å². The molecule has 0 saturated heterocycles. The number of hydrogen-bond donors (Lipinski definition) is 0. The minimum Gasteiger partial charge on any atom is -0.103 e. The summed E-state index contributed by atoms with van der Waals surface area (Å²) in [7, 11) is 0. The highest BCUT2D eigenvalue weighted by Crippen LogP contribution is 2.61. The van der Waals surface area contributed by atoms with E-state index >= 15 is 0 Å². The van der Waals surface area contributed by atoms with Crippen molar-refractivity contribution >= 4 is 0 Å². The number of unbranched alkanes of at least 4 members (excludes halogenated alkanes) is 16. The van der Waals surface area contributed by atoms with Gasteiger partial charge in [0.1, 0.15) is 0 Å². The molecule has 0 amide bonds. The third-order valence-electron chi connectivity index (χ3n) is 35.2. The molecule has 145 heavy (non-hydrogen) atoms. The third kappa shape index (κ3) is 21.7. The summed E-state index contributed by atoms with van der Waals surface area (Å²) < 4.78 is 0. The normalized spacial score (nSPS) is 14.5. The Morgan fingerprint density at radius 3 is 0.710 bits per heavy atom. The molecule has 0 fully saturated rings. The lowest BCUT2D eigenvalue weighted by Gasteiger charge is -2.35. The van der Waals surface area contributed by atoms with E-state index in [9.17, 15) is 0 Å². The maximum absolute atomic E-state index is 3.89. The molecular formula is C145H162. The lowest BCUT2D eigenvalue weighted by Crippen LogP contribution is -2.29. The number of hydrogen-bond acceptors (Lipinski definition) is 0. The Kier molecular flexibility index (Phi) is 32.5. The molecule has 0 unspecified atom stereocenters. The van der Waals surface area contributed by atoms with Crippen LogP contribution in [0.2, 0.25) is 0 Å². The fourth-order valence-corrected chi connectivity index (χ4v) is 26.8. The molecule has 14 aromatic rings. The van der Waals surface area contributed by atoms with Gasteiger partial charge in [-0.25, -0.2) is 0 Å². The van der Waals surface area contributed by atoms with E-state index in [1.54, 1.807) is 77.9 Å². The number of fused-ring (bicyclic) bond motifs is 16. The number of rotatable bonds is 43. The van der Waals surface area contributed by atoms with Gasteiger partial charge in [-0.3, -0.25) is 0 Å². The van der Waals surface area contributed by atoms with Crippen molar-refractivity contribution in [2.75, 3.05) is 0 Å². The van der Waals surface area contributed by atoms with Crippen molar-refractivity contribution in [3.05, 3.63) is 496 Å². The average molecular weight is 1900 g/mol. The van der Waals surface area contributed by atoms with Crippen molar-refractivity contribution in [1.29, 1.82) is 0 Å². The Balaban J connectivity index is 0.000000123. The van der Waals surface area contributed by atoms with Crippen LogP contribution >= 0.6 is 0 Å². The van der Waals surface area contributed by atoms with E-state index in [-0.39, 0.29) is 21.7 Å². The molecule has 0 aliphatic heterocycles. The van der Waals surface area contributed by atoms with E-state index in [1.807, 2.05) is 12.2 Å². The summed E-state index contributed by atoms with van der Waals surface area (Å²) in [5, 5.41) is 0. The second-order valence-electron chi connectivity index (χ2n) is 45.4. The van der Waals surface area contributed by atoms with Crippen molar-refractivity contribution in [3.8, 4) is 44.5 Å². The van der Waals surface area contributed by atoms with Crippen LogP contribution in [-0.4, -0.2) is 0 Å². The molecule has 742 valence electrons. The van der Waals surface area contributed by atoms with Gasteiger partial charge in [0.2, 0.25) is 0 Å². The third-order valence-corrected chi connectivity index (χ3v) is 35.2. The Labute approximate surface area is 874 Å². The predicted molar refractivity (Wildman–Crippen MR) is 623 cm³/mol. The monoisotopic (exact) mass is 1900 g/mol. The van der Waals surface area contributed by atoms with Crippen LogP contribution in [-0.2, 0) is 105 Å². The Morgan fingerprint density at radius 1 is 0.186 bits per heavy atom. The molecular weight excluding hydrogens is 1740 g/mol. The van der Waals surface area contributed by atoms with Crippen molar-refractivity contribution in [2.45, 2.75) is 340 Å². The number of aryl methyl sites for hydroxylation is 21. The average Bonchev–Trinajstić information content (AvgIpc) is 1.53. The zero-order chi connectivity index (χ0) is 100. The van der Waals surface area contributed by atoms with Crippen LogP contribution in [0.25, 0.3) is 44.5 Å². The van der Waals surface area contributed by atoms with Gasteiger partial charge < -0.3 is 0 Å². The maximum atomic E-state index is 3.89. The van der Waals surface area contributed by atoms with Gasteiger partial charge in [-0.1, -0.05) is 426 Å². The molecule has 0 heteroatoms. The van der Waals surface area contributed by atoms with E-state index in [0.29, 0.717) is 0 Å². The molecule has 0 atom stereocenters. The lowest BCUT2D eigenvalue weighted by molar-refractivity contribution is 0.399. The molecule has 0 radical (unpaired) electrons. The second kappa shape index (κ2) is 46.4. The van der Waals surface area contributed by atoms with Gasteiger partial charge in [0.05, 0.1) is 5.41 Å². The van der Waals surface area contributed by atoms with Crippen molar-refractivity contribution < 1.29 is 0 Å². The standard InChI is InChI=1S/C43H50.C36H36.C35H34.C31H42/c1-31-13-23-39-40-24-14-32(2)28-42(40)43(41(39)27-31,25-9-5-3-7-11-33-15-17-35-19-21-37(35)29-33)26-10-6-4-8-12-34-16-18-36-20-22-38(36)30-34;1-24-7-17-32-33-18-8-25(2)21-35(33)36(34(32)20-24,31-16-15-28-12-14-30(28)23-31)19-5-3-4-6-26-9-10-27-11-13-29(27)22-26;1-5-7-9-27-13-17-29(18-14-27)35(30-19-15-28(16-20-30)10-8-6-2)33-23-25(3)11-21-31(33)32-22-12-26(4)24-34(32)35;1-5-7-9-11-13-15-21-31(22-16-14-12-10-8-6-2)29-23-25(3)17-19-27(29)28-20-18-26(4)24-30(28)31/h13-18,23-24,27-30H,3-12,19-22,25-26H2,1-2H3;7-10,15-18,20-23H,3-6,11-14,19H2,1-2H3;5-6,11-24H,1-2,7-10H2,3-4H3;5-6,17-20,23-24H,1-2,7-16,21-22H2,3-4H3. The molecule has 0 bridgehead atoms. The fraction of sp³-hybridized carbons (Fsp3) is 0.366. The van der Waals surface area contributed by atoms with Crippen LogP contribution in [0.3, 0.4) is 0 Å². The van der Waals surface area contributed by atoms with E-state index in [0.717, 1.165) is 38.5 Å². The molecule has 0 nitrogen and oxygen atoms in total. The van der Waals surface area contributed by atoms with Crippen LogP contribution in [0.4, 0.5) is 0 Å². The van der Waals surface area contributed by atoms with Gasteiger partial charge >= 0.3 is 0 Å². The molecule has 0 spiro atoms. The summed E-state index contributed by atoms with van der Waals surface area (Å²) in [5.41, 5.74) is 59.0. The summed E-state index contributed by atoms with van der Waals surface area (Å²) >= 11 is 0. The Hall–Kier alpha value is -12.0. The van der Waals surface area contributed by atoms with Crippen LogP contribution in [0.1, 0.15) is 358 Å². The first-order chi connectivity index (χ1) is 70.9. The van der Waals surface area contributed by atoms with Gasteiger partial charge in [0.15, 0.2) is 0 Å². The van der Waals surface area contributed by atoms with Gasteiger partial charge in [0.25, 0.3) is 0 Å². The molecule has 22 rings (SSSR count). The molecule has 8 aliphatic carbocycles. The predicted octanol–water partition coefficient (Wildman–Crippen LogP) is 38.3. The minimum absolute atomic E-state index is 0.0387. The first-order valence-corrected chi connectivity index (χ1v) is 56.9. The quantitative estimate of drug-likeness (QED) is 0.0264. The highest BCUT2D eigenvalue weighted by atomic mass is 14.5. The van der Waals surface area contributed by atoms with Crippen LogP contribution in [0.5, 0.6) is 0 Å². The molecule has 0 saturated carbocycles. The Bertz CT molecular complexity index is 6620. The van der Waals surface area contributed by atoms with Gasteiger partial charge in [-0.15, -0.1) is 26.3 Å². The highest BCUT2D eigenvalue weighted by molar-refractivity contribution is 5.89. The minimum atomic E-state index is -0.337. The first-order valence-electron chi connectivity index (χ1n) is 56.9. The van der Waals surface area contributed by atoms with Gasteiger partial charge in [-0.05, 0) is 407 Å². The van der Waals surface area contributed by atoms with E-state index in [1.165, 1.54) is 369 Å². The molecule has 14 aromatic carbocycles. The van der Waals surface area contributed by atoms with Crippen LogP contribution in [0, 0.1) is 55.4 Å². The summed E-state index contributed by atoms with van der Waals surface area (Å²) in [6, 6.07) is 105. The Morgan fingerprint density at radius 2 is 0.421 bits per heavy atom. The summed E-state index contributed by atoms with van der Waals surface area (Å²) in [5.74, 6) is 0. The first kappa shape index (κ1) is 102. The van der Waals surface area contributed by atoms with Crippen LogP contribution in [0.15, 0.2) is 318 Å². The molecule has 0 N–H and O–H groups in total. The number of benzene rings is 14. The lowest BCUT2D eigenvalue weighted by atomic mass is 9.67. The van der Waals surface area contributed by atoms with E-state index < -0.39 is 0 Å². The second-order valence-corrected chi connectivity index (χ2v) is 45.4. The van der Waals surface area contributed by atoms with Crippen LogP contribution < -0.4 is 0 Å². The van der Waals surface area contributed by atoms with Crippen molar-refractivity contribution in [2.24, 2.45) is 0 Å². The number of allylic oxidation sites excluding steroid dienone is 4. The zero-order valence-electron chi connectivity index (χ0n) is 89.5. The summed E-state index contributed by atoms with van der Waals surface area (Å²) in [6.45, 7) is 33.5. The molecule has 0 aromatic heterocycles. The van der Waals surface area contributed by atoms with Gasteiger partial charge in [-0.2, -0.15) is 0 Å². The van der Waals surface area contributed by atoms with Crippen molar-refractivity contribution in [3.63, 3.8) is 0 Å². The largest absolute Gasteiger partial charge is 0.103 e. The maximum Gasteiger partial charge on any atom is 0.0713 e. The highest BCUT2D eigenvalue weighted by Gasteiger charge is 2.49. The fourth-order valence-electron chi connectivity index (χ4n) is 26.8. The summed E-state index contributed by atoms with van der Waals surface area (Å²) in [4.78, 5) is 0. The summed E-state index contributed by atoms with van der Waals surface area (Å²) in [6.07, 6.45) is 59.7. The molecule has 8 aliphatic rings. The smallest absolute Gasteiger partial charge is 0.0713 e. The van der Waals surface area contributed by atoms with E-state index in [4.69, 9.17) is 0 Å². The SMILES string of the molecule is C=CCCCCCCC1(CCCCCCC=C)c2cc(C)ccc2-c2ccc(C)cc21.C=CCCc1ccc(C2(c3ccc(CCC=C)cc3)c3cc(C)ccc3-c3ccc(C)cc32)cc1.Cc1ccc2c(c1)C(CCCCCCc1ccc3c(c1)CC3)(CCCCCCc1ccc3c(c1)CC3)c1cc(C)ccc1-2.Cc1ccc2c(c1)C(CCCCCc1ccc3c(c1)CC3)(c1ccc3c(c1)CC3)c1cc(C)ccc1-2. The van der Waals surface area contributed by atoms with Gasteiger partial charge in [0, 0.05) is 16.2 Å². The molecule has 0 heterocycles.